The molecule has 6 heteroatoms. The van der Waals surface area contributed by atoms with Crippen LogP contribution in [0.4, 0.5) is 0 Å². The third-order valence-electron chi connectivity index (χ3n) is 1.28. The maximum atomic E-state index is 9.04. The van der Waals surface area contributed by atoms with E-state index in [4.69, 9.17) is 25.4 Å². The first-order valence-electron chi connectivity index (χ1n) is 3.37. The van der Waals surface area contributed by atoms with E-state index in [1.165, 1.54) is 0 Å². The Labute approximate surface area is 86.2 Å². The number of benzene rings is 1. The van der Waals surface area contributed by atoms with Gasteiger partial charge < -0.3 is 14.2 Å². The molecule has 0 aromatic heterocycles. The zero-order valence-electron chi connectivity index (χ0n) is 6.81. The molecule has 0 radical (unpaired) electrons. The van der Waals surface area contributed by atoms with Crippen molar-refractivity contribution in [1.82, 2.24) is 0 Å². The molecular weight excluding hydrogens is 231 g/mol. The van der Waals surface area contributed by atoms with Crippen molar-refractivity contribution < 1.29 is 14.2 Å². The van der Waals surface area contributed by atoms with Gasteiger partial charge in [0.25, 0.3) is 0 Å². The van der Waals surface area contributed by atoms with E-state index in [2.05, 4.69) is 11.8 Å². The molecule has 1 atom stereocenters. The van der Waals surface area contributed by atoms with Gasteiger partial charge in [0.05, 0.1) is 7.11 Å². The summed E-state index contributed by atoms with van der Waals surface area (Å²) in [6, 6.07) is 6.63. The van der Waals surface area contributed by atoms with Crippen LogP contribution < -0.4 is 9.26 Å². The lowest BCUT2D eigenvalue weighted by Gasteiger charge is -2.09. The molecule has 13 heavy (non-hydrogen) atoms. The Hall–Kier alpha value is -0.280. The third-order valence-corrected chi connectivity index (χ3v) is 2.14. The van der Waals surface area contributed by atoms with E-state index in [1.54, 1.807) is 31.4 Å². The van der Waals surface area contributed by atoms with Crippen LogP contribution >= 0.6 is 17.1 Å². The summed E-state index contributed by atoms with van der Waals surface area (Å²) in [5.41, 5.74) is 0. The van der Waals surface area contributed by atoms with Gasteiger partial charge in [0.2, 0.25) is 0 Å². The summed E-state index contributed by atoms with van der Waals surface area (Å²) in [6.07, 6.45) is 0. The molecule has 0 fully saturated rings. The third kappa shape index (κ3) is 3.96. The Bertz CT molecular complexity index is 321. The van der Waals surface area contributed by atoms with Crippen LogP contribution in [0, 0.1) is 0 Å². The van der Waals surface area contributed by atoms with Gasteiger partial charge >= 0.3 is 5.84 Å². The molecule has 1 rings (SSSR count). The highest BCUT2D eigenvalue weighted by Gasteiger charge is 2.09. The van der Waals surface area contributed by atoms with E-state index >= 15 is 0 Å². The molecule has 3 nitrogen and oxygen atoms in total. The zero-order valence-corrected chi connectivity index (χ0v) is 9.27. The number of methoxy groups -OCH3 is 1. The first kappa shape index (κ1) is 10.8. The second-order valence-corrected chi connectivity index (χ2v) is 6.76. The van der Waals surface area contributed by atoms with Gasteiger partial charge in [-0.25, -0.2) is 0 Å². The van der Waals surface area contributed by atoms with Crippen molar-refractivity contribution in [2.24, 2.45) is 0 Å². The molecule has 1 unspecified atom stereocenters. The van der Waals surface area contributed by atoms with Crippen LogP contribution in [-0.4, -0.2) is 12.0 Å². The first-order valence-corrected chi connectivity index (χ1v) is 6.95. The summed E-state index contributed by atoms with van der Waals surface area (Å²) in [6.45, 7) is 0. The SMILES string of the molecule is COc1ccc(OP(O)(=S)Cl)cc1. The lowest BCUT2D eigenvalue weighted by molar-refractivity contribution is 0.414. The van der Waals surface area contributed by atoms with Gasteiger partial charge in [-0.3, -0.25) is 0 Å². The fourth-order valence-corrected chi connectivity index (χ4v) is 1.65. The van der Waals surface area contributed by atoms with Crippen molar-refractivity contribution in [3.05, 3.63) is 24.3 Å². The van der Waals surface area contributed by atoms with Crippen molar-refractivity contribution in [2.45, 2.75) is 0 Å². The summed E-state index contributed by atoms with van der Waals surface area (Å²) >= 11 is 9.88. The predicted octanol–water partition coefficient (Wildman–Crippen LogP) is 2.53. The van der Waals surface area contributed by atoms with Crippen LogP contribution in [0.5, 0.6) is 11.5 Å². The van der Waals surface area contributed by atoms with E-state index in [0.717, 1.165) is 0 Å². The van der Waals surface area contributed by atoms with Gasteiger partial charge in [-0.2, -0.15) is 0 Å². The molecule has 0 heterocycles. The van der Waals surface area contributed by atoms with Crippen molar-refractivity contribution in [3.8, 4) is 11.5 Å². The number of hydrogen-bond acceptors (Lipinski definition) is 3. The second kappa shape index (κ2) is 4.29. The molecule has 0 saturated heterocycles. The Morgan fingerprint density at radius 3 is 2.15 bits per heavy atom. The first-order chi connectivity index (χ1) is 6.01. The van der Waals surface area contributed by atoms with Gasteiger partial charge in [0, 0.05) is 0 Å². The topological polar surface area (TPSA) is 38.7 Å². The summed E-state index contributed by atoms with van der Waals surface area (Å²) in [4.78, 5) is 9.04. The Morgan fingerprint density at radius 2 is 1.77 bits per heavy atom. The summed E-state index contributed by atoms with van der Waals surface area (Å²) < 4.78 is 9.82. The van der Waals surface area contributed by atoms with Crippen LogP contribution in [0.2, 0.25) is 0 Å². The highest BCUT2D eigenvalue weighted by atomic mass is 35.7. The average molecular weight is 239 g/mol. The Morgan fingerprint density at radius 1 is 1.31 bits per heavy atom. The predicted molar refractivity (Wildman–Crippen MR) is 56.0 cm³/mol. The fourth-order valence-electron chi connectivity index (χ4n) is 0.767. The number of hydrogen-bond donors (Lipinski definition) is 1. The maximum absolute atomic E-state index is 9.04. The number of ether oxygens (including phenoxy) is 1. The van der Waals surface area contributed by atoms with Crippen molar-refractivity contribution in [1.29, 1.82) is 0 Å². The number of rotatable bonds is 3. The van der Waals surface area contributed by atoms with Crippen LogP contribution in [0.25, 0.3) is 0 Å². The van der Waals surface area contributed by atoms with Gasteiger partial charge in [-0.05, 0) is 47.3 Å². The zero-order chi connectivity index (χ0) is 9.90. The van der Waals surface area contributed by atoms with Crippen LogP contribution in [0.15, 0.2) is 24.3 Å². The minimum Gasteiger partial charge on any atom is -0.497 e. The lowest BCUT2D eigenvalue weighted by Crippen LogP contribution is -1.86. The standard InChI is InChI=1S/C7H8ClO3PS/c1-10-6-2-4-7(5-3-6)11-12(8,9)13/h2-5H,1H3,(H,9,13). The molecular formula is C7H8ClO3PS. The minimum absolute atomic E-state index is 0.432. The van der Waals surface area contributed by atoms with Gasteiger partial charge in [0.15, 0.2) is 0 Å². The molecule has 0 saturated carbocycles. The molecule has 1 N–H and O–H groups in total. The minimum atomic E-state index is -3.15. The highest BCUT2D eigenvalue weighted by Crippen LogP contribution is 2.48. The van der Waals surface area contributed by atoms with Crippen LogP contribution in [-0.2, 0) is 11.8 Å². The summed E-state index contributed by atoms with van der Waals surface area (Å²) in [5, 5.41) is 0. The molecule has 0 aliphatic carbocycles. The van der Waals surface area contributed by atoms with E-state index < -0.39 is 5.84 Å². The lowest BCUT2D eigenvalue weighted by atomic mass is 10.3. The molecule has 0 bridgehead atoms. The van der Waals surface area contributed by atoms with Crippen molar-refractivity contribution in [3.63, 3.8) is 0 Å². The highest BCUT2D eigenvalue weighted by molar-refractivity contribution is 8.22. The molecule has 0 aliphatic rings. The quantitative estimate of drug-likeness (QED) is 0.822. The largest absolute Gasteiger partial charge is 0.497 e. The van der Waals surface area contributed by atoms with E-state index in [1.807, 2.05) is 0 Å². The fraction of sp³-hybridized carbons (Fsp3) is 0.143. The Kier molecular flexibility index (Phi) is 3.56. The number of halogens is 1. The average Bonchev–Trinajstić information content (AvgIpc) is 2.03. The molecule has 1 aromatic rings. The molecule has 0 aliphatic heterocycles. The Balaban J connectivity index is 2.76. The molecule has 1 aromatic carbocycles. The van der Waals surface area contributed by atoms with E-state index in [0.29, 0.717) is 11.5 Å². The summed E-state index contributed by atoms with van der Waals surface area (Å²) in [7, 11) is 1.56. The molecule has 72 valence electrons. The smallest absolute Gasteiger partial charge is 0.330 e. The monoisotopic (exact) mass is 238 g/mol. The summed E-state index contributed by atoms with van der Waals surface area (Å²) in [5.74, 6) is -2.01. The molecule has 0 amide bonds. The maximum Gasteiger partial charge on any atom is 0.330 e. The molecule has 0 spiro atoms. The van der Waals surface area contributed by atoms with Gasteiger partial charge in [-0.15, -0.1) is 0 Å². The van der Waals surface area contributed by atoms with Crippen molar-refractivity contribution in [2.75, 3.05) is 7.11 Å². The van der Waals surface area contributed by atoms with Crippen LogP contribution in [0.1, 0.15) is 0 Å². The normalized spacial score (nSPS) is 14.7. The van der Waals surface area contributed by atoms with Gasteiger partial charge in [-0.1, -0.05) is 0 Å². The van der Waals surface area contributed by atoms with Gasteiger partial charge in [0.1, 0.15) is 11.5 Å². The van der Waals surface area contributed by atoms with Crippen LogP contribution in [0.3, 0.4) is 0 Å². The second-order valence-electron chi connectivity index (χ2n) is 2.22. The van der Waals surface area contributed by atoms with E-state index in [-0.39, 0.29) is 0 Å². The van der Waals surface area contributed by atoms with E-state index in [9.17, 15) is 0 Å². The van der Waals surface area contributed by atoms with Crippen molar-refractivity contribution >= 4 is 28.9 Å².